The molecule has 3 saturated heterocycles. The number of imide groups is 1. The smallest absolute Gasteiger partial charge is 0.294 e. The summed E-state index contributed by atoms with van der Waals surface area (Å²) in [5, 5.41) is 24.4. The SMILES string of the molecule is CNC(=O)COc1cc2cc(Nc3nc(N4CCN(CC5CCN(c6cccc7c(C8CCC(=O)NC8=O)nn(C)c67)CC5)CC4)ncc3Cl)cnc2n(CCO)c1=O. The Morgan fingerprint density at radius 3 is 2.56 bits per heavy atom. The van der Waals surface area contributed by atoms with Crippen LogP contribution >= 0.6 is 11.6 Å². The van der Waals surface area contributed by atoms with Crippen LogP contribution in [0.3, 0.4) is 0 Å². The summed E-state index contributed by atoms with van der Waals surface area (Å²) in [6.07, 6.45) is 6.05. The molecule has 7 heterocycles. The number of halogens is 1. The van der Waals surface area contributed by atoms with Gasteiger partial charge < -0.3 is 30.3 Å². The average molecular weight is 827 g/mol. The Morgan fingerprint density at radius 2 is 1.81 bits per heavy atom. The van der Waals surface area contributed by atoms with Crippen LogP contribution in [0.4, 0.5) is 23.1 Å². The van der Waals surface area contributed by atoms with Crippen LogP contribution in [0.2, 0.25) is 5.02 Å². The first kappa shape index (κ1) is 40.0. The number of ether oxygens (including phenoxy) is 1. The number of aryl methyl sites for hydroxylation is 1. The molecular weight excluding hydrogens is 780 g/mol. The molecule has 310 valence electrons. The number of aliphatic hydroxyl groups is 1. The number of pyridine rings is 2. The van der Waals surface area contributed by atoms with Crippen LogP contribution in [0.1, 0.15) is 37.3 Å². The van der Waals surface area contributed by atoms with E-state index >= 15 is 0 Å². The van der Waals surface area contributed by atoms with Gasteiger partial charge in [-0.3, -0.25) is 38.6 Å². The Kier molecular flexibility index (Phi) is 11.6. The molecule has 19 heteroatoms. The highest BCUT2D eigenvalue weighted by molar-refractivity contribution is 6.33. The van der Waals surface area contributed by atoms with E-state index in [-0.39, 0.29) is 43.2 Å². The fourth-order valence-corrected chi connectivity index (χ4v) is 8.47. The fourth-order valence-electron chi connectivity index (χ4n) is 8.33. The number of aromatic nitrogens is 6. The minimum atomic E-state index is -0.503. The number of nitrogens with one attached hydrogen (secondary N) is 3. The minimum absolute atomic E-state index is 0.00147. The topological polar surface area (TPSA) is 205 Å². The summed E-state index contributed by atoms with van der Waals surface area (Å²) < 4.78 is 8.69. The number of piperidine rings is 2. The van der Waals surface area contributed by atoms with Gasteiger partial charge in [-0.2, -0.15) is 10.1 Å². The van der Waals surface area contributed by atoms with Gasteiger partial charge in [0.25, 0.3) is 11.5 Å². The van der Waals surface area contributed by atoms with Gasteiger partial charge in [-0.1, -0.05) is 23.7 Å². The second-order valence-corrected chi connectivity index (χ2v) is 15.6. The van der Waals surface area contributed by atoms with Gasteiger partial charge >= 0.3 is 0 Å². The predicted octanol–water partition coefficient (Wildman–Crippen LogP) is 2.15. The first-order valence-electron chi connectivity index (χ1n) is 19.9. The normalized spacial score (nSPS) is 18.1. The molecule has 0 aliphatic carbocycles. The Hall–Kier alpha value is -5.85. The first-order valence-corrected chi connectivity index (χ1v) is 20.3. The van der Waals surface area contributed by atoms with Crippen LogP contribution in [-0.4, -0.2) is 123 Å². The molecule has 8 rings (SSSR count). The Morgan fingerprint density at radius 1 is 1.02 bits per heavy atom. The highest BCUT2D eigenvalue weighted by Gasteiger charge is 2.33. The maximum atomic E-state index is 13.0. The summed E-state index contributed by atoms with van der Waals surface area (Å²) in [4.78, 5) is 70.2. The number of aliphatic hydroxyl groups excluding tert-OH is 1. The number of likely N-dealkylation sites (N-methyl/N-ethyl adjacent to an activating group) is 1. The molecular formula is C40H47ClN12O6. The quantitative estimate of drug-likeness (QED) is 0.133. The first-order chi connectivity index (χ1) is 28.6. The van der Waals surface area contributed by atoms with Gasteiger partial charge in [-0.25, -0.2) is 9.97 Å². The molecule has 3 aliphatic rings. The predicted molar refractivity (Wildman–Crippen MR) is 222 cm³/mol. The number of benzene rings is 1. The summed E-state index contributed by atoms with van der Waals surface area (Å²) >= 11 is 6.56. The number of carbonyl (C=O) groups is 3. The number of carbonyl (C=O) groups excluding carboxylic acids is 3. The van der Waals surface area contributed by atoms with Crippen LogP contribution < -0.4 is 36.0 Å². The van der Waals surface area contributed by atoms with Crippen molar-refractivity contribution in [3.05, 3.63) is 63.8 Å². The lowest BCUT2D eigenvalue weighted by atomic mass is 9.92. The highest BCUT2D eigenvalue weighted by Crippen LogP contribution is 2.36. The lowest BCUT2D eigenvalue weighted by Crippen LogP contribution is -2.49. The molecule has 0 saturated carbocycles. The number of nitrogens with zero attached hydrogens (tertiary/aromatic N) is 9. The Bertz CT molecular complexity index is 2460. The summed E-state index contributed by atoms with van der Waals surface area (Å²) in [6, 6.07) is 9.49. The number of fused-ring (bicyclic) bond motifs is 2. The third-order valence-corrected chi connectivity index (χ3v) is 11.7. The third kappa shape index (κ3) is 8.37. The molecule has 5 aromatic rings. The average Bonchev–Trinajstić information content (AvgIpc) is 3.58. The zero-order valence-corrected chi connectivity index (χ0v) is 33.7. The molecule has 3 amide bonds. The molecule has 1 unspecified atom stereocenters. The lowest BCUT2D eigenvalue weighted by Gasteiger charge is -2.39. The standard InChI is InChI=1S/C40H47ClN12O6/c1-42-33(56)23-59-31-19-25-18-26(20-43-37(25)53(16-17-54)39(31)58)45-36-29(41)21-44-40(47-36)52-14-12-50(13-15-52)22-24-8-10-51(11-9-24)30-5-3-4-27-34(48-49(2)35(27)30)28-6-7-32(55)46-38(28)57/h3-5,18-21,24,28,54H,6-17,22-23H2,1-2H3,(H,42,56)(H,44,45,47)(H,46,55,57). The van der Waals surface area contributed by atoms with Crippen molar-refractivity contribution in [3.8, 4) is 5.75 Å². The van der Waals surface area contributed by atoms with Crippen molar-refractivity contribution in [1.82, 2.24) is 44.8 Å². The number of anilines is 4. The largest absolute Gasteiger partial charge is 0.478 e. The summed E-state index contributed by atoms with van der Waals surface area (Å²) in [5.41, 5.74) is 3.28. The van der Waals surface area contributed by atoms with E-state index in [0.717, 1.165) is 80.9 Å². The number of hydrogen-bond donors (Lipinski definition) is 4. The van der Waals surface area contributed by atoms with Crippen molar-refractivity contribution >= 4 is 74.4 Å². The maximum absolute atomic E-state index is 13.0. The van der Waals surface area contributed by atoms with Gasteiger partial charge in [-0.05, 0) is 43.4 Å². The van der Waals surface area contributed by atoms with E-state index in [9.17, 15) is 24.3 Å². The van der Waals surface area contributed by atoms with E-state index < -0.39 is 11.5 Å². The molecule has 3 aliphatic heterocycles. The number of rotatable bonds is 12. The minimum Gasteiger partial charge on any atom is -0.478 e. The Labute approximate surface area is 344 Å². The van der Waals surface area contributed by atoms with Gasteiger partial charge in [0.05, 0.1) is 54.0 Å². The van der Waals surface area contributed by atoms with Crippen LogP contribution in [0.15, 0.2) is 47.5 Å². The van der Waals surface area contributed by atoms with Crippen molar-refractivity contribution in [2.45, 2.75) is 38.1 Å². The van der Waals surface area contributed by atoms with Crippen molar-refractivity contribution in [2.75, 3.05) is 81.2 Å². The monoisotopic (exact) mass is 826 g/mol. The molecule has 0 spiro atoms. The second kappa shape index (κ2) is 17.2. The lowest BCUT2D eigenvalue weighted by molar-refractivity contribution is -0.134. The second-order valence-electron chi connectivity index (χ2n) is 15.2. The molecule has 4 N–H and O–H groups in total. The molecule has 18 nitrogen and oxygen atoms in total. The van der Waals surface area contributed by atoms with Crippen LogP contribution in [0.5, 0.6) is 5.75 Å². The van der Waals surface area contributed by atoms with Gasteiger partial charge in [0.15, 0.2) is 18.2 Å². The highest BCUT2D eigenvalue weighted by atomic mass is 35.5. The molecule has 1 atom stereocenters. The van der Waals surface area contributed by atoms with E-state index in [0.29, 0.717) is 52.3 Å². The molecule has 4 aromatic heterocycles. The van der Waals surface area contributed by atoms with E-state index in [1.807, 2.05) is 23.9 Å². The number of amides is 3. The van der Waals surface area contributed by atoms with Gasteiger partial charge in [0, 0.05) is 77.1 Å². The van der Waals surface area contributed by atoms with Crippen LogP contribution in [-0.2, 0) is 28.0 Å². The van der Waals surface area contributed by atoms with E-state index in [1.54, 1.807) is 18.5 Å². The zero-order valence-electron chi connectivity index (χ0n) is 33.0. The molecule has 0 bridgehead atoms. The van der Waals surface area contributed by atoms with Crippen LogP contribution in [0.25, 0.3) is 21.9 Å². The number of hydrogen-bond acceptors (Lipinski definition) is 14. The molecule has 59 heavy (non-hydrogen) atoms. The fraction of sp³-hybridized carbons (Fsp3) is 0.450. The van der Waals surface area contributed by atoms with Crippen molar-refractivity contribution in [2.24, 2.45) is 13.0 Å². The third-order valence-electron chi connectivity index (χ3n) is 11.4. The van der Waals surface area contributed by atoms with Gasteiger partial charge in [0.1, 0.15) is 10.7 Å². The molecule has 0 radical (unpaired) electrons. The summed E-state index contributed by atoms with van der Waals surface area (Å²) in [6.45, 7) is 5.53. The number of piperazine rings is 1. The van der Waals surface area contributed by atoms with E-state index in [2.05, 4.69) is 46.7 Å². The molecule has 3 fully saturated rings. The maximum Gasteiger partial charge on any atom is 0.294 e. The van der Waals surface area contributed by atoms with Gasteiger partial charge in [0.2, 0.25) is 17.8 Å². The van der Waals surface area contributed by atoms with Crippen molar-refractivity contribution < 1.29 is 24.2 Å². The number of para-hydroxylation sites is 1. The zero-order chi connectivity index (χ0) is 41.2. The Balaban J connectivity index is 0.876. The van der Waals surface area contributed by atoms with Gasteiger partial charge in [-0.15, -0.1) is 0 Å². The summed E-state index contributed by atoms with van der Waals surface area (Å²) in [7, 11) is 3.40. The summed E-state index contributed by atoms with van der Waals surface area (Å²) in [5.74, 6) is 0.171. The van der Waals surface area contributed by atoms with E-state index in [1.165, 1.54) is 17.7 Å². The van der Waals surface area contributed by atoms with Crippen LogP contribution in [0, 0.1) is 5.92 Å². The van der Waals surface area contributed by atoms with Crippen molar-refractivity contribution in [3.63, 3.8) is 0 Å². The van der Waals surface area contributed by atoms with E-state index in [4.69, 9.17) is 26.4 Å². The molecule has 1 aromatic carbocycles. The van der Waals surface area contributed by atoms with Crippen molar-refractivity contribution in [1.29, 1.82) is 0 Å².